The van der Waals surface area contributed by atoms with E-state index >= 15 is 0 Å². The van der Waals surface area contributed by atoms with Crippen molar-refractivity contribution in [1.82, 2.24) is 5.32 Å². The van der Waals surface area contributed by atoms with Crippen molar-refractivity contribution in [2.24, 2.45) is 5.92 Å². The van der Waals surface area contributed by atoms with Crippen LogP contribution >= 0.6 is 0 Å². The number of hydrogen-bond acceptors (Lipinski definition) is 2. The molecule has 1 aliphatic carbocycles. The Balaban J connectivity index is 2.35. The van der Waals surface area contributed by atoms with Gasteiger partial charge in [0.1, 0.15) is 0 Å². The second-order valence-corrected chi connectivity index (χ2v) is 4.89. The van der Waals surface area contributed by atoms with Crippen LogP contribution in [0, 0.1) is 5.92 Å². The number of hydrogen-bond donors (Lipinski definition) is 1. The summed E-state index contributed by atoms with van der Waals surface area (Å²) in [6.45, 7) is 8.80. The van der Waals surface area contributed by atoms with E-state index in [1.54, 1.807) is 0 Å². The summed E-state index contributed by atoms with van der Waals surface area (Å²) in [5, 5.41) is 3.63. The van der Waals surface area contributed by atoms with Gasteiger partial charge < -0.3 is 10.1 Å². The molecule has 1 aliphatic rings. The van der Waals surface area contributed by atoms with E-state index < -0.39 is 0 Å². The molecule has 0 saturated heterocycles. The van der Waals surface area contributed by atoms with E-state index in [0.29, 0.717) is 12.1 Å². The van der Waals surface area contributed by atoms with Crippen molar-refractivity contribution in [3.8, 4) is 0 Å². The van der Waals surface area contributed by atoms with Gasteiger partial charge in [-0.2, -0.15) is 0 Å². The van der Waals surface area contributed by atoms with Crippen LogP contribution in [-0.4, -0.2) is 25.3 Å². The Morgan fingerprint density at radius 3 is 2.67 bits per heavy atom. The molecule has 3 unspecified atom stereocenters. The van der Waals surface area contributed by atoms with Gasteiger partial charge in [0.15, 0.2) is 0 Å². The Morgan fingerprint density at radius 1 is 1.20 bits per heavy atom. The largest absolute Gasteiger partial charge is 0.377 e. The molecule has 3 atom stereocenters. The molecule has 0 bridgehead atoms. The quantitative estimate of drug-likeness (QED) is 0.732. The topological polar surface area (TPSA) is 21.3 Å². The summed E-state index contributed by atoms with van der Waals surface area (Å²) in [5.41, 5.74) is 0. The molecule has 1 saturated carbocycles. The number of ether oxygens (including phenoxy) is 1. The lowest BCUT2D eigenvalue weighted by molar-refractivity contribution is -0.00708. The molecule has 90 valence electrons. The van der Waals surface area contributed by atoms with Crippen molar-refractivity contribution in [2.45, 2.75) is 65.0 Å². The fourth-order valence-corrected chi connectivity index (χ4v) is 2.35. The average Bonchev–Trinajstić information content (AvgIpc) is 2.25. The first-order valence-electron chi connectivity index (χ1n) is 6.62. The van der Waals surface area contributed by atoms with Gasteiger partial charge in [0.05, 0.1) is 6.10 Å². The molecule has 0 aromatic heterocycles. The Kier molecular flexibility index (Phi) is 6.26. The average molecular weight is 213 g/mol. The Labute approximate surface area is 94.8 Å². The van der Waals surface area contributed by atoms with Crippen LogP contribution in [0.1, 0.15) is 52.9 Å². The van der Waals surface area contributed by atoms with Crippen LogP contribution in [0.15, 0.2) is 0 Å². The first-order valence-corrected chi connectivity index (χ1v) is 6.62. The molecular formula is C13H27NO. The van der Waals surface area contributed by atoms with Crippen LogP contribution in [0.4, 0.5) is 0 Å². The van der Waals surface area contributed by atoms with E-state index in [9.17, 15) is 0 Å². The first kappa shape index (κ1) is 13.0. The smallest absolute Gasteiger partial charge is 0.0730 e. The normalized spacial score (nSPS) is 31.8. The molecule has 0 aromatic carbocycles. The summed E-state index contributed by atoms with van der Waals surface area (Å²) >= 11 is 0. The van der Waals surface area contributed by atoms with Gasteiger partial charge in [-0.05, 0) is 44.6 Å². The van der Waals surface area contributed by atoms with Crippen LogP contribution < -0.4 is 5.32 Å². The van der Waals surface area contributed by atoms with Gasteiger partial charge in [-0.3, -0.25) is 0 Å². The predicted octanol–water partition coefficient (Wildman–Crippen LogP) is 2.97. The molecule has 0 aromatic rings. The van der Waals surface area contributed by atoms with Crippen molar-refractivity contribution < 1.29 is 4.74 Å². The summed E-state index contributed by atoms with van der Waals surface area (Å²) in [5.74, 6) is 0.839. The monoisotopic (exact) mass is 213 g/mol. The summed E-state index contributed by atoms with van der Waals surface area (Å²) in [6, 6.07) is 0.604. The van der Waals surface area contributed by atoms with Crippen LogP contribution in [-0.2, 0) is 4.74 Å². The first-order chi connectivity index (χ1) is 7.27. The Morgan fingerprint density at radius 2 is 2.00 bits per heavy atom. The number of nitrogens with one attached hydrogen (secondary N) is 1. The molecule has 0 aliphatic heterocycles. The van der Waals surface area contributed by atoms with Crippen LogP contribution in [0.5, 0.6) is 0 Å². The lowest BCUT2D eigenvalue weighted by atomic mass is 9.85. The zero-order chi connectivity index (χ0) is 11.1. The summed E-state index contributed by atoms with van der Waals surface area (Å²) in [4.78, 5) is 0. The zero-order valence-corrected chi connectivity index (χ0v) is 10.6. The maximum atomic E-state index is 5.95. The minimum atomic E-state index is 0.459. The Hall–Kier alpha value is -0.0800. The van der Waals surface area contributed by atoms with Gasteiger partial charge in [0.25, 0.3) is 0 Å². The van der Waals surface area contributed by atoms with E-state index in [2.05, 4.69) is 26.1 Å². The van der Waals surface area contributed by atoms with Crippen molar-refractivity contribution >= 4 is 0 Å². The minimum Gasteiger partial charge on any atom is -0.377 e. The molecule has 1 fully saturated rings. The van der Waals surface area contributed by atoms with Gasteiger partial charge in [0.2, 0.25) is 0 Å². The third kappa shape index (κ3) is 4.52. The standard InChI is InChI=1S/C13H27NO/c1-4-8-14-12-7-6-11(3)10-13(12)15-9-5-2/h11-14H,4-10H2,1-3H3. The minimum absolute atomic E-state index is 0.459. The summed E-state index contributed by atoms with van der Waals surface area (Å²) in [7, 11) is 0. The zero-order valence-electron chi connectivity index (χ0n) is 10.6. The maximum Gasteiger partial charge on any atom is 0.0730 e. The van der Waals surface area contributed by atoms with Crippen molar-refractivity contribution in [3.63, 3.8) is 0 Å². The third-order valence-electron chi connectivity index (χ3n) is 3.25. The lowest BCUT2D eigenvalue weighted by Crippen LogP contribution is -2.45. The molecular weight excluding hydrogens is 186 g/mol. The summed E-state index contributed by atoms with van der Waals surface area (Å²) < 4.78 is 5.95. The SMILES string of the molecule is CCCNC1CCC(C)CC1OCCC. The van der Waals surface area contributed by atoms with Gasteiger partial charge in [-0.1, -0.05) is 20.8 Å². The fourth-order valence-electron chi connectivity index (χ4n) is 2.35. The number of rotatable bonds is 6. The highest BCUT2D eigenvalue weighted by Crippen LogP contribution is 2.26. The van der Waals surface area contributed by atoms with Crippen LogP contribution in [0.3, 0.4) is 0 Å². The molecule has 0 heterocycles. The molecule has 0 radical (unpaired) electrons. The van der Waals surface area contributed by atoms with Gasteiger partial charge in [-0.25, -0.2) is 0 Å². The van der Waals surface area contributed by atoms with E-state index in [1.165, 1.54) is 25.7 Å². The molecule has 1 N–H and O–H groups in total. The molecule has 15 heavy (non-hydrogen) atoms. The van der Waals surface area contributed by atoms with Gasteiger partial charge in [-0.15, -0.1) is 0 Å². The highest BCUT2D eigenvalue weighted by atomic mass is 16.5. The second kappa shape index (κ2) is 7.24. The van der Waals surface area contributed by atoms with Gasteiger partial charge in [0, 0.05) is 12.6 Å². The van der Waals surface area contributed by atoms with E-state index in [1.807, 2.05) is 0 Å². The van der Waals surface area contributed by atoms with E-state index in [-0.39, 0.29) is 0 Å². The van der Waals surface area contributed by atoms with E-state index in [4.69, 9.17) is 4.74 Å². The predicted molar refractivity (Wildman–Crippen MR) is 65.1 cm³/mol. The Bertz CT molecular complexity index is 159. The van der Waals surface area contributed by atoms with Crippen LogP contribution in [0.2, 0.25) is 0 Å². The highest BCUT2D eigenvalue weighted by Gasteiger charge is 2.28. The van der Waals surface area contributed by atoms with Crippen molar-refractivity contribution in [1.29, 1.82) is 0 Å². The fraction of sp³-hybridized carbons (Fsp3) is 1.00. The molecule has 0 spiro atoms. The van der Waals surface area contributed by atoms with Crippen molar-refractivity contribution in [3.05, 3.63) is 0 Å². The van der Waals surface area contributed by atoms with Crippen molar-refractivity contribution in [2.75, 3.05) is 13.2 Å². The molecule has 0 amide bonds. The van der Waals surface area contributed by atoms with Crippen LogP contribution in [0.25, 0.3) is 0 Å². The van der Waals surface area contributed by atoms with Gasteiger partial charge >= 0.3 is 0 Å². The second-order valence-electron chi connectivity index (χ2n) is 4.89. The van der Waals surface area contributed by atoms with E-state index in [0.717, 1.165) is 25.5 Å². The lowest BCUT2D eigenvalue weighted by Gasteiger charge is -2.35. The third-order valence-corrected chi connectivity index (χ3v) is 3.25. The molecule has 2 nitrogen and oxygen atoms in total. The molecule has 1 rings (SSSR count). The maximum absolute atomic E-state index is 5.95. The highest BCUT2D eigenvalue weighted by molar-refractivity contribution is 4.84. The summed E-state index contributed by atoms with van der Waals surface area (Å²) in [6.07, 6.45) is 6.68. The molecule has 2 heteroatoms.